The van der Waals surface area contributed by atoms with Crippen molar-refractivity contribution in [1.29, 1.82) is 0 Å². The molecule has 2 aromatic rings. The van der Waals surface area contributed by atoms with Crippen LogP contribution >= 0.6 is 0 Å². The first-order valence-electron chi connectivity index (χ1n) is 7.92. The van der Waals surface area contributed by atoms with Crippen LogP contribution in [0.15, 0.2) is 41.9 Å². The number of hydrogen-bond donors (Lipinski definition) is 2. The van der Waals surface area contributed by atoms with Gasteiger partial charge < -0.3 is 14.6 Å². The van der Waals surface area contributed by atoms with Crippen LogP contribution in [-0.2, 0) is 24.2 Å². The van der Waals surface area contributed by atoms with Crippen LogP contribution in [0.3, 0.4) is 0 Å². The molecule has 1 amide bonds. The largest absolute Gasteiger partial charge is 0.488 e. The van der Waals surface area contributed by atoms with Gasteiger partial charge in [-0.05, 0) is 18.2 Å². The number of nitrogens with one attached hydrogen (secondary N) is 2. The second kappa shape index (κ2) is 7.40. The van der Waals surface area contributed by atoms with Crippen LogP contribution in [-0.4, -0.2) is 27.3 Å². The number of anilines is 1. The summed E-state index contributed by atoms with van der Waals surface area (Å²) in [5.74, 6) is -2.19. The Bertz CT molecular complexity index is 971. The molecule has 1 aliphatic heterocycles. The third kappa shape index (κ3) is 3.80. The molecule has 3 rings (SSSR count). The number of rotatable bonds is 3. The quantitative estimate of drug-likeness (QED) is 0.596. The lowest BCUT2D eigenvalue weighted by molar-refractivity contribution is -0.139. The summed E-state index contributed by atoms with van der Waals surface area (Å²) in [6, 6.07) is 1.72. The highest BCUT2D eigenvalue weighted by Gasteiger charge is 2.35. The lowest BCUT2D eigenvalue weighted by Crippen LogP contribution is -2.31. The number of hydrogen-bond acceptors (Lipinski definition) is 3. The van der Waals surface area contributed by atoms with E-state index in [9.17, 15) is 26.6 Å². The van der Waals surface area contributed by atoms with E-state index in [4.69, 9.17) is 4.74 Å². The molecule has 1 aromatic heterocycles. The fraction of sp³-hybridized carbons (Fsp3) is 0.235. The molecule has 1 unspecified atom stereocenters. The number of carbonyl (C=O) groups excluding carboxylic acids is 1. The van der Waals surface area contributed by atoms with Crippen molar-refractivity contribution in [3.8, 4) is 5.75 Å². The molecule has 2 atom stereocenters. The van der Waals surface area contributed by atoms with E-state index in [1.807, 2.05) is 0 Å². The van der Waals surface area contributed by atoms with E-state index >= 15 is 0 Å². The highest BCUT2D eigenvalue weighted by atomic mass is 32.2. The molecular formula is C17H15F4N3O3S. The monoisotopic (exact) mass is 417 g/mol. The Morgan fingerprint density at radius 2 is 2.18 bits per heavy atom. The lowest BCUT2D eigenvalue weighted by atomic mass is 10.1. The van der Waals surface area contributed by atoms with Crippen LogP contribution < -0.4 is 14.8 Å². The molecule has 2 heterocycles. The average molecular weight is 417 g/mol. The highest BCUT2D eigenvalue weighted by molar-refractivity contribution is 7.83. The first-order valence-corrected chi connectivity index (χ1v) is 9.07. The van der Waals surface area contributed by atoms with E-state index in [2.05, 4.69) is 16.6 Å². The van der Waals surface area contributed by atoms with Crippen molar-refractivity contribution < 1.29 is 31.3 Å². The minimum Gasteiger partial charge on any atom is -0.488 e. The maximum atomic E-state index is 13.4. The molecular weight excluding hydrogens is 402 g/mol. The second-order valence-electron chi connectivity index (χ2n) is 5.97. The molecule has 1 aliphatic rings. The van der Waals surface area contributed by atoms with E-state index in [-0.39, 0.29) is 28.6 Å². The lowest BCUT2D eigenvalue weighted by Gasteiger charge is -2.13. The average Bonchev–Trinajstić information content (AvgIpc) is 2.87. The Morgan fingerprint density at radius 3 is 2.82 bits per heavy atom. The predicted molar refractivity (Wildman–Crippen MR) is 93.8 cm³/mol. The minimum absolute atomic E-state index is 0.0345. The number of amides is 1. The van der Waals surface area contributed by atoms with Gasteiger partial charge in [-0.2, -0.15) is 13.2 Å². The molecule has 0 radical (unpaired) electrons. The fourth-order valence-corrected chi connectivity index (χ4v) is 3.79. The van der Waals surface area contributed by atoms with Crippen LogP contribution in [0.4, 0.5) is 23.2 Å². The molecule has 0 bridgehead atoms. The molecule has 28 heavy (non-hydrogen) atoms. The van der Waals surface area contributed by atoms with Gasteiger partial charge in [0.25, 0.3) is 5.91 Å². The van der Waals surface area contributed by atoms with Gasteiger partial charge in [-0.1, -0.05) is 6.08 Å². The molecule has 0 saturated heterocycles. The zero-order valence-electron chi connectivity index (χ0n) is 14.5. The van der Waals surface area contributed by atoms with E-state index in [0.717, 1.165) is 6.07 Å². The molecule has 0 fully saturated rings. The number of halogens is 4. The van der Waals surface area contributed by atoms with Crippen molar-refractivity contribution in [2.24, 2.45) is 7.05 Å². The summed E-state index contributed by atoms with van der Waals surface area (Å²) < 4.78 is 74.1. The van der Waals surface area contributed by atoms with E-state index in [0.29, 0.717) is 12.1 Å². The van der Waals surface area contributed by atoms with Crippen LogP contribution in [0.2, 0.25) is 0 Å². The third-order valence-electron chi connectivity index (χ3n) is 4.00. The maximum absolute atomic E-state index is 13.4. The van der Waals surface area contributed by atoms with Crippen LogP contribution in [0.25, 0.3) is 0 Å². The van der Waals surface area contributed by atoms with Crippen LogP contribution in [0.5, 0.6) is 5.75 Å². The number of fused-ring (bicyclic) bond motifs is 1. The molecule has 0 aliphatic carbocycles. The number of benzene rings is 1. The topological polar surface area (TPSA) is 72.4 Å². The van der Waals surface area contributed by atoms with E-state index in [1.54, 1.807) is 0 Å². The van der Waals surface area contributed by atoms with Gasteiger partial charge in [0.2, 0.25) is 0 Å². The number of nitrogens with zero attached hydrogens (tertiary/aromatic N) is 1. The van der Waals surface area contributed by atoms with Gasteiger partial charge in [0.1, 0.15) is 28.3 Å². The standard InChI is InChI=1S/C17H15F4N3O3S/c1-3-9-8-27-15-13(28(26)23-9)7-24(2)14(15)16(25)22-10-4-5-12(18)11(6-10)17(19,20)21/h3-7,9,23H,1,8H2,2H3,(H,22,25)/t9-,28?/m0/s1. The molecule has 0 saturated carbocycles. The van der Waals surface area contributed by atoms with E-state index < -0.39 is 40.5 Å². The first kappa shape index (κ1) is 20.1. The number of carbonyl (C=O) groups is 1. The summed E-state index contributed by atoms with van der Waals surface area (Å²) in [5, 5.41) is 2.29. The number of aromatic nitrogens is 1. The Morgan fingerprint density at radius 1 is 1.46 bits per heavy atom. The van der Waals surface area contributed by atoms with Crippen molar-refractivity contribution in [3.63, 3.8) is 0 Å². The number of ether oxygens (including phenoxy) is 1. The van der Waals surface area contributed by atoms with Crippen molar-refractivity contribution in [1.82, 2.24) is 9.29 Å². The Balaban J connectivity index is 1.93. The van der Waals surface area contributed by atoms with Gasteiger partial charge in [0.15, 0.2) is 11.4 Å². The first-order chi connectivity index (χ1) is 13.1. The molecule has 11 heteroatoms. The molecule has 2 N–H and O–H groups in total. The molecule has 6 nitrogen and oxygen atoms in total. The zero-order valence-corrected chi connectivity index (χ0v) is 15.3. The fourth-order valence-electron chi connectivity index (χ4n) is 2.65. The third-order valence-corrected chi connectivity index (χ3v) is 5.20. The zero-order chi connectivity index (χ0) is 20.6. The summed E-state index contributed by atoms with van der Waals surface area (Å²) in [7, 11) is -0.178. The van der Waals surface area contributed by atoms with Gasteiger partial charge in [-0.25, -0.2) is 13.3 Å². The molecule has 0 spiro atoms. The normalized spacial score (nSPS) is 19.3. The summed E-state index contributed by atoms with van der Waals surface area (Å²) in [5.41, 5.74) is -1.77. The Hall–Kier alpha value is -2.66. The summed E-state index contributed by atoms with van der Waals surface area (Å²) in [6.45, 7) is 3.65. The highest BCUT2D eigenvalue weighted by Crippen LogP contribution is 2.34. The Labute approximate surface area is 159 Å². The van der Waals surface area contributed by atoms with E-state index in [1.165, 1.54) is 23.9 Å². The van der Waals surface area contributed by atoms with Gasteiger partial charge in [0, 0.05) is 18.9 Å². The summed E-state index contributed by atoms with van der Waals surface area (Å²) in [4.78, 5) is 12.9. The minimum atomic E-state index is -4.90. The predicted octanol–water partition coefficient (Wildman–Crippen LogP) is 2.99. The van der Waals surface area contributed by atoms with Gasteiger partial charge >= 0.3 is 6.18 Å². The molecule has 150 valence electrons. The summed E-state index contributed by atoms with van der Waals surface area (Å²) in [6.07, 6.45) is -1.98. The van der Waals surface area contributed by atoms with Crippen molar-refractivity contribution in [2.45, 2.75) is 17.1 Å². The summed E-state index contributed by atoms with van der Waals surface area (Å²) >= 11 is 0. The van der Waals surface area contributed by atoms with Crippen molar-refractivity contribution in [2.75, 3.05) is 11.9 Å². The molecule has 1 aromatic carbocycles. The maximum Gasteiger partial charge on any atom is 0.419 e. The van der Waals surface area contributed by atoms with Crippen LogP contribution in [0, 0.1) is 5.82 Å². The van der Waals surface area contributed by atoms with Crippen molar-refractivity contribution >= 4 is 22.6 Å². The van der Waals surface area contributed by atoms with Gasteiger partial charge in [-0.15, -0.1) is 6.58 Å². The van der Waals surface area contributed by atoms with Crippen LogP contribution in [0.1, 0.15) is 16.1 Å². The van der Waals surface area contributed by atoms with Gasteiger partial charge in [0.05, 0.1) is 11.6 Å². The number of aryl methyl sites for hydroxylation is 1. The number of alkyl halides is 3. The SMILES string of the molecule is C=C[C@H]1COc2c(cn(C)c2C(=O)Nc2ccc(F)c(C(F)(F)F)c2)S(=O)N1. The smallest absolute Gasteiger partial charge is 0.419 e. The second-order valence-corrected chi connectivity index (χ2v) is 7.18. The van der Waals surface area contributed by atoms with Crippen molar-refractivity contribution in [3.05, 3.63) is 54.1 Å². The Kier molecular flexibility index (Phi) is 5.31. The van der Waals surface area contributed by atoms with Gasteiger partial charge in [-0.3, -0.25) is 4.79 Å².